The number of benzene rings is 1. The van der Waals surface area contributed by atoms with E-state index in [0.717, 1.165) is 22.4 Å². The van der Waals surface area contributed by atoms with Crippen LogP contribution in [0, 0.1) is 6.92 Å². The number of hydrogen-bond donors (Lipinski definition) is 1. The van der Waals surface area contributed by atoms with E-state index in [1.54, 1.807) is 0 Å². The Bertz CT molecular complexity index is 575. The lowest BCUT2D eigenvalue weighted by molar-refractivity contribution is -0.146. The van der Waals surface area contributed by atoms with Crippen LogP contribution in [0.1, 0.15) is 17.4 Å². The molecule has 0 radical (unpaired) electrons. The summed E-state index contributed by atoms with van der Waals surface area (Å²) in [5.41, 5.74) is 2.72. The number of carbonyl (C=O) groups excluding carboxylic acids is 1. The van der Waals surface area contributed by atoms with Crippen LogP contribution in [-0.2, 0) is 9.53 Å². The molecular formula is C13H17N3O2. The van der Waals surface area contributed by atoms with Crippen LogP contribution in [0.3, 0.4) is 0 Å². The van der Waals surface area contributed by atoms with Crippen molar-refractivity contribution in [3.05, 3.63) is 29.6 Å². The number of likely N-dealkylation sites (N-methyl/N-ethyl adjacent to an activating group) is 1. The second-order valence-electron chi connectivity index (χ2n) is 4.49. The molecule has 2 rings (SSSR count). The first-order valence-corrected chi connectivity index (χ1v) is 5.73. The lowest BCUT2D eigenvalue weighted by atomic mass is 10.1. The lowest BCUT2D eigenvalue weighted by Crippen LogP contribution is -2.28. The fourth-order valence-electron chi connectivity index (χ4n) is 2.08. The zero-order chi connectivity index (χ0) is 13.3. The number of imidazole rings is 1. The van der Waals surface area contributed by atoms with Crippen LogP contribution in [0.4, 0.5) is 0 Å². The highest BCUT2D eigenvalue weighted by Gasteiger charge is 2.24. The summed E-state index contributed by atoms with van der Waals surface area (Å²) >= 11 is 0. The molecule has 2 aromatic rings. The van der Waals surface area contributed by atoms with Gasteiger partial charge in [0, 0.05) is 0 Å². The molecule has 1 atom stereocenters. The Kier molecular flexibility index (Phi) is 3.34. The molecule has 0 bridgehead atoms. The van der Waals surface area contributed by atoms with Gasteiger partial charge in [-0.15, -0.1) is 0 Å². The molecule has 1 N–H and O–H groups in total. The van der Waals surface area contributed by atoms with E-state index in [1.807, 2.05) is 44.1 Å². The summed E-state index contributed by atoms with van der Waals surface area (Å²) in [5.74, 6) is 0.595. The minimum Gasteiger partial charge on any atom is -0.468 e. The zero-order valence-corrected chi connectivity index (χ0v) is 11.0. The topological polar surface area (TPSA) is 58.2 Å². The number of aryl methyl sites for hydroxylation is 1. The van der Waals surface area contributed by atoms with Gasteiger partial charge in [0.05, 0.1) is 18.1 Å². The van der Waals surface area contributed by atoms with Crippen molar-refractivity contribution in [2.45, 2.75) is 13.0 Å². The van der Waals surface area contributed by atoms with Gasteiger partial charge in [-0.3, -0.25) is 4.90 Å². The van der Waals surface area contributed by atoms with Crippen LogP contribution in [0.5, 0.6) is 0 Å². The van der Waals surface area contributed by atoms with Gasteiger partial charge in [-0.1, -0.05) is 6.07 Å². The molecule has 1 heterocycles. The smallest absolute Gasteiger partial charge is 0.327 e. The second kappa shape index (κ2) is 4.78. The van der Waals surface area contributed by atoms with Gasteiger partial charge in [0.15, 0.2) is 0 Å². The third-order valence-electron chi connectivity index (χ3n) is 2.88. The maximum atomic E-state index is 11.8. The Balaban J connectivity index is 2.47. The molecule has 1 aromatic heterocycles. The number of nitrogens with zero attached hydrogens (tertiary/aromatic N) is 2. The SMILES string of the molecule is COC(=O)C(c1ccc2nc(C)[nH]c2c1)N(C)C. The largest absolute Gasteiger partial charge is 0.468 e. The van der Waals surface area contributed by atoms with Crippen molar-refractivity contribution in [2.75, 3.05) is 21.2 Å². The van der Waals surface area contributed by atoms with Gasteiger partial charge in [-0.05, 0) is 38.7 Å². The Hall–Kier alpha value is -1.88. The molecular weight excluding hydrogens is 230 g/mol. The highest BCUT2D eigenvalue weighted by atomic mass is 16.5. The molecule has 18 heavy (non-hydrogen) atoms. The molecule has 0 aliphatic heterocycles. The van der Waals surface area contributed by atoms with E-state index in [2.05, 4.69) is 9.97 Å². The summed E-state index contributed by atoms with van der Waals surface area (Å²) in [4.78, 5) is 21.1. The maximum Gasteiger partial charge on any atom is 0.327 e. The highest BCUT2D eigenvalue weighted by molar-refractivity contribution is 5.81. The number of carbonyl (C=O) groups is 1. The van der Waals surface area contributed by atoms with Crippen molar-refractivity contribution in [3.8, 4) is 0 Å². The van der Waals surface area contributed by atoms with E-state index in [4.69, 9.17) is 4.74 Å². The maximum absolute atomic E-state index is 11.8. The minimum atomic E-state index is -0.400. The summed E-state index contributed by atoms with van der Waals surface area (Å²) in [6.45, 7) is 1.91. The first kappa shape index (κ1) is 12.6. The number of methoxy groups -OCH3 is 1. The van der Waals surface area contributed by atoms with E-state index >= 15 is 0 Å². The van der Waals surface area contributed by atoms with Gasteiger partial charge in [-0.2, -0.15) is 0 Å². The molecule has 0 saturated heterocycles. The number of esters is 1. The van der Waals surface area contributed by atoms with E-state index < -0.39 is 6.04 Å². The van der Waals surface area contributed by atoms with Gasteiger partial charge >= 0.3 is 5.97 Å². The molecule has 5 heteroatoms. The quantitative estimate of drug-likeness (QED) is 0.838. The van der Waals surface area contributed by atoms with E-state index in [0.29, 0.717) is 0 Å². The van der Waals surface area contributed by atoms with Gasteiger partial charge in [0.25, 0.3) is 0 Å². The molecule has 1 unspecified atom stereocenters. The number of rotatable bonds is 3. The van der Waals surface area contributed by atoms with Crippen LogP contribution in [0.15, 0.2) is 18.2 Å². The highest BCUT2D eigenvalue weighted by Crippen LogP contribution is 2.23. The average Bonchev–Trinajstić information content (AvgIpc) is 2.68. The summed E-state index contributed by atoms with van der Waals surface area (Å²) in [6, 6.07) is 5.36. The van der Waals surface area contributed by atoms with Crippen LogP contribution in [0.25, 0.3) is 11.0 Å². The molecule has 96 valence electrons. The predicted octanol–water partition coefficient (Wildman–Crippen LogP) is 1.65. The van der Waals surface area contributed by atoms with Crippen LogP contribution < -0.4 is 0 Å². The van der Waals surface area contributed by atoms with Crippen molar-refractivity contribution in [1.29, 1.82) is 0 Å². The number of fused-ring (bicyclic) bond motifs is 1. The Morgan fingerprint density at radius 3 is 2.78 bits per heavy atom. The molecule has 5 nitrogen and oxygen atoms in total. The molecule has 0 spiro atoms. The van der Waals surface area contributed by atoms with Gasteiger partial charge < -0.3 is 9.72 Å². The number of H-pyrrole nitrogens is 1. The van der Waals surface area contributed by atoms with Crippen molar-refractivity contribution in [1.82, 2.24) is 14.9 Å². The fraction of sp³-hybridized carbons (Fsp3) is 0.385. The monoisotopic (exact) mass is 247 g/mol. The Morgan fingerprint density at radius 2 is 2.17 bits per heavy atom. The van der Waals surface area contributed by atoms with Crippen molar-refractivity contribution in [2.24, 2.45) is 0 Å². The number of hydrogen-bond acceptors (Lipinski definition) is 4. The lowest BCUT2D eigenvalue weighted by Gasteiger charge is -2.21. The Labute approximate surface area is 106 Å². The fourth-order valence-corrected chi connectivity index (χ4v) is 2.08. The molecule has 0 saturated carbocycles. The van der Waals surface area contributed by atoms with Gasteiger partial charge in [0.1, 0.15) is 11.9 Å². The predicted molar refractivity (Wildman–Crippen MR) is 69.3 cm³/mol. The number of nitrogens with one attached hydrogen (secondary N) is 1. The van der Waals surface area contributed by atoms with Crippen molar-refractivity contribution >= 4 is 17.0 Å². The number of aromatic nitrogens is 2. The summed E-state index contributed by atoms with van der Waals surface area (Å²) in [6.07, 6.45) is 0. The van der Waals surface area contributed by atoms with Gasteiger partial charge in [-0.25, -0.2) is 9.78 Å². The van der Waals surface area contributed by atoms with Crippen LogP contribution >= 0.6 is 0 Å². The second-order valence-corrected chi connectivity index (χ2v) is 4.49. The van der Waals surface area contributed by atoms with Gasteiger partial charge in [0.2, 0.25) is 0 Å². The molecule has 0 aliphatic rings. The van der Waals surface area contributed by atoms with Crippen LogP contribution in [0.2, 0.25) is 0 Å². The van der Waals surface area contributed by atoms with Crippen molar-refractivity contribution < 1.29 is 9.53 Å². The first-order chi connectivity index (χ1) is 8.52. The molecule has 0 aliphatic carbocycles. The third kappa shape index (κ3) is 2.22. The standard InChI is InChI=1S/C13H17N3O2/c1-8-14-10-6-5-9(7-11(10)15-8)12(16(2)3)13(17)18-4/h5-7,12H,1-4H3,(H,14,15). The number of aromatic amines is 1. The molecule has 0 amide bonds. The zero-order valence-electron chi connectivity index (χ0n) is 11.0. The summed E-state index contributed by atoms with van der Waals surface area (Å²) < 4.78 is 4.84. The average molecular weight is 247 g/mol. The number of ether oxygens (including phenoxy) is 1. The third-order valence-corrected chi connectivity index (χ3v) is 2.88. The first-order valence-electron chi connectivity index (χ1n) is 5.73. The van der Waals surface area contributed by atoms with Crippen molar-refractivity contribution in [3.63, 3.8) is 0 Å². The summed E-state index contributed by atoms with van der Waals surface area (Å²) in [7, 11) is 5.10. The van der Waals surface area contributed by atoms with E-state index in [1.165, 1.54) is 7.11 Å². The van der Waals surface area contributed by atoms with E-state index in [-0.39, 0.29) is 5.97 Å². The summed E-state index contributed by atoms with van der Waals surface area (Å²) in [5, 5.41) is 0. The van der Waals surface area contributed by atoms with Crippen LogP contribution in [-0.4, -0.2) is 42.0 Å². The normalized spacial score (nSPS) is 12.9. The van der Waals surface area contributed by atoms with E-state index in [9.17, 15) is 4.79 Å². The molecule has 1 aromatic carbocycles. The molecule has 0 fully saturated rings. The minimum absolute atomic E-state index is 0.268. The Morgan fingerprint density at radius 1 is 1.44 bits per heavy atom.